The largest absolute Gasteiger partial charge is 0.329 e. The van der Waals surface area contributed by atoms with E-state index >= 15 is 0 Å². The second-order valence-corrected chi connectivity index (χ2v) is 5.19. The van der Waals surface area contributed by atoms with Crippen molar-refractivity contribution in [3.63, 3.8) is 0 Å². The van der Waals surface area contributed by atoms with Crippen molar-refractivity contribution in [2.45, 2.75) is 11.8 Å². The fraction of sp³-hybridized carbons (Fsp3) is 0.333. The topological polar surface area (TPSA) is 72.2 Å². The van der Waals surface area contributed by atoms with Crippen molar-refractivity contribution in [3.8, 4) is 0 Å². The van der Waals surface area contributed by atoms with Crippen LogP contribution in [0.3, 0.4) is 0 Å². The van der Waals surface area contributed by atoms with Gasteiger partial charge in [-0.3, -0.25) is 0 Å². The van der Waals surface area contributed by atoms with Gasteiger partial charge in [-0.15, -0.1) is 0 Å². The third-order valence-corrected chi connectivity index (χ3v) is 3.96. The molecule has 4 nitrogen and oxygen atoms in total. The lowest BCUT2D eigenvalue weighted by Gasteiger charge is -2.09. The van der Waals surface area contributed by atoms with Crippen molar-refractivity contribution in [1.29, 1.82) is 0 Å². The Bertz CT molecular complexity index is 445. The number of hydrogen-bond donors (Lipinski definition) is 2. The van der Waals surface area contributed by atoms with Crippen LogP contribution in [0, 0.1) is 6.92 Å². The Labute approximate surface area is 94.5 Å². The fourth-order valence-corrected chi connectivity index (χ4v) is 2.69. The highest BCUT2D eigenvalue weighted by molar-refractivity contribution is 7.89. The Morgan fingerprint density at radius 3 is 2.73 bits per heavy atom. The summed E-state index contributed by atoms with van der Waals surface area (Å²) in [6, 6.07) is 4.77. The summed E-state index contributed by atoms with van der Waals surface area (Å²) in [6.07, 6.45) is 0. The third-order valence-electron chi connectivity index (χ3n) is 1.94. The molecule has 84 valence electrons. The molecular weight excluding hydrogens is 236 g/mol. The first kappa shape index (κ1) is 12.4. The van der Waals surface area contributed by atoms with E-state index in [0.717, 1.165) is 0 Å². The van der Waals surface area contributed by atoms with Crippen molar-refractivity contribution in [2.75, 3.05) is 13.1 Å². The minimum absolute atomic E-state index is 0.198. The predicted octanol–water partition coefficient (Wildman–Crippen LogP) is 0.885. The molecule has 0 saturated heterocycles. The van der Waals surface area contributed by atoms with Gasteiger partial charge in [0.15, 0.2) is 0 Å². The van der Waals surface area contributed by atoms with Gasteiger partial charge in [-0.25, -0.2) is 13.1 Å². The van der Waals surface area contributed by atoms with Gasteiger partial charge in [0.05, 0.1) is 4.90 Å². The first-order chi connectivity index (χ1) is 6.99. The van der Waals surface area contributed by atoms with Crippen LogP contribution in [0.15, 0.2) is 23.1 Å². The van der Waals surface area contributed by atoms with Crippen LogP contribution >= 0.6 is 11.6 Å². The molecular formula is C9H13ClN2O2S. The van der Waals surface area contributed by atoms with Crippen LogP contribution in [-0.2, 0) is 10.0 Å². The molecule has 0 aliphatic carbocycles. The van der Waals surface area contributed by atoms with Gasteiger partial charge >= 0.3 is 0 Å². The summed E-state index contributed by atoms with van der Waals surface area (Å²) in [4.78, 5) is 0.198. The van der Waals surface area contributed by atoms with Gasteiger partial charge in [0.25, 0.3) is 0 Å². The normalized spacial score (nSPS) is 11.7. The summed E-state index contributed by atoms with van der Waals surface area (Å²) in [7, 11) is -3.49. The monoisotopic (exact) mass is 248 g/mol. The van der Waals surface area contributed by atoms with Crippen molar-refractivity contribution >= 4 is 21.6 Å². The molecule has 0 bridgehead atoms. The average Bonchev–Trinajstić information content (AvgIpc) is 2.19. The number of halogens is 1. The third kappa shape index (κ3) is 2.92. The zero-order valence-electron chi connectivity index (χ0n) is 8.33. The number of rotatable bonds is 4. The SMILES string of the molecule is Cc1c(Cl)cccc1S(=O)(=O)NCCN. The summed E-state index contributed by atoms with van der Waals surface area (Å²) >= 11 is 5.84. The zero-order chi connectivity index (χ0) is 11.5. The Morgan fingerprint density at radius 1 is 1.47 bits per heavy atom. The van der Waals surface area contributed by atoms with Gasteiger partial charge in [-0.05, 0) is 24.6 Å². The van der Waals surface area contributed by atoms with E-state index in [4.69, 9.17) is 17.3 Å². The van der Waals surface area contributed by atoms with E-state index in [1.807, 2.05) is 0 Å². The maximum absolute atomic E-state index is 11.7. The molecule has 0 amide bonds. The molecule has 0 aliphatic heterocycles. The quantitative estimate of drug-likeness (QED) is 0.831. The van der Waals surface area contributed by atoms with Crippen molar-refractivity contribution in [3.05, 3.63) is 28.8 Å². The Hall–Kier alpha value is -0.620. The second-order valence-electron chi connectivity index (χ2n) is 3.05. The zero-order valence-corrected chi connectivity index (χ0v) is 9.90. The number of nitrogens with two attached hydrogens (primary N) is 1. The molecule has 0 heterocycles. The van der Waals surface area contributed by atoms with Gasteiger partial charge in [-0.1, -0.05) is 17.7 Å². The molecule has 6 heteroatoms. The second kappa shape index (κ2) is 4.94. The summed E-state index contributed by atoms with van der Waals surface area (Å²) in [5.41, 5.74) is 5.77. The minimum Gasteiger partial charge on any atom is -0.329 e. The highest BCUT2D eigenvalue weighted by Gasteiger charge is 2.16. The first-order valence-corrected chi connectivity index (χ1v) is 6.30. The molecule has 0 aromatic heterocycles. The van der Waals surface area contributed by atoms with Crippen molar-refractivity contribution < 1.29 is 8.42 Å². The van der Waals surface area contributed by atoms with Crippen LogP contribution in [0.2, 0.25) is 5.02 Å². The van der Waals surface area contributed by atoms with E-state index in [1.165, 1.54) is 6.07 Å². The van der Waals surface area contributed by atoms with Crippen molar-refractivity contribution in [1.82, 2.24) is 4.72 Å². The number of hydrogen-bond acceptors (Lipinski definition) is 3. The molecule has 1 aromatic rings. The summed E-state index contributed by atoms with van der Waals surface area (Å²) < 4.78 is 25.9. The molecule has 0 fully saturated rings. The standard InChI is InChI=1S/C9H13ClN2O2S/c1-7-8(10)3-2-4-9(7)15(13,14)12-6-5-11/h2-4,12H,5-6,11H2,1H3. The van der Waals surface area contributed by atoms with Crippen LogP contribution in [0.5, 0.6) is 0 Å². The predicted molar refractivity (Wildman–Crippen MR) is 60.4 cm³/mol. The average molecular weight is 249 g/mol. The fourth-order valence-electron chi connectivity index (χ4n) is 1.15. The van der Waals surface area contributed by atoms with E-state index < -0.39 is 10.0 Å². The Kier molecular flexibility index (Phi) is 4.10. The van der Waals surface area contributed by atoms with E-state index in [2.05, 4.69) is 4.72 Å². The van der Waals surface area contributed by atoms with E-state index in [0.29, 0.717) is 10.6 Å². The van der Waals surface area contributed by atoms with Gasteiger partial charge in [0.1, 0.15) is 0 Å². The number of nitrogens with one attached hydrogen (secondary N) is 1. The van der Waals surface area contributed by atoms with Gasteiger partial charge in [-0.2, -0.15) is 0 Å². The van der Waals surface area contributed by atoms with Crippen LogP contribution in [0.1, 0.15) is 5.56 Å². The van der Waals surface area contributed by atoms with Gasteiger partial charge in [0.2, 0.25) is 10.0 Å². The minimum atomic E-state index is -3.49. The van der Waals surface area contributed by atoms with E-state index in [9.17, 15) is 8.42 Å². The molecule has 1 rings (SSSR count). The molecule has 15 heavy (non-hydrogen) atoms. The molecule has 0 atom stereocenters. The first-order valence-electron chi connectivity index (χ1n) is 4.44. The molecule has 0 aliphatic rings. The number of sulfonamides is 1. The molecule has 3 N–H and O–H groups in total. The van der Waals surface area contributed by atoms with Crippen LogP contribution in [0.25, 0.3) is 0 Å². The maximum atomic E-state index is 11.7. The van der Waals surface area contributed by atoms with Crippen LogP contribution in [0.4, 0.5) is 0 Å². The Morgan fingerprint density at radius 2 is 2.13 bits per heavy atom. The lowest BCUT2D eigenvalue weighted by Crippen LogP contribution is -2.29. The molecule has 0 saturated carbocycles. The van der Waals surface area contributed by atoms with Crippen LogP contribution in [-0.4, -0.2) is 21.5 Å². The van der Waals surface area contributed by atoms with Crippen molar-refractivity contribution in [2.24, 2.45) is 5.73 Å². The highest BCUT2D eigenvalue weighted by Crippen LogP contribution is 2.22. The molecule has 1 aromatic carbocycles. The smallest absolute Gasteiger partial charge is 0.240 e. The van der Waals surface area contributed by atoms with Gasteiger partial charge < -0.3 is 5.73 Å². The highest BCUT2D eigenvalue weighted by atomic mass is 35.5. The summed E-state index contributed by atoms with van der Waals surface area (Å²) in [5.74, 6) is 0. The lowest BCUT2D eigenvalue weighted by atomic mass is 10.2. The summed E-state index contributed by atoms with van der Waals surface area (Å²) in [5, 5.41) is 0.436. The van der Waals surface area contributed by atoms with Gasteiger partial charge in [0, 0.05) is 18.1 Å². The molecule has 0 unspecified atom stereocenters. The Balaban J connectivity index is 3.10. The lowest BCUT2D eigenvalue weighted by molar-refractivity contribution is 0.581. The molecule has 0 radical (unpaired) electrons. The summed E-state index contributed by atoms with van der Waals surface area (Å²) in [6.45, 7) is 2.15. The number of benzene rings is 1. The molecule has 0 spiro atoms. The van der Waals surface area contributed by atoms with E-state index in [-0.39, 0.29) is 18.0 Å². The van der Waals surface area contributed by atoms with E-state index in [1.54, 1.807) is 19.1 Å². The maximum Gasteiger partial charge on any atom is 0.240 e. The van der Waals surface area contributed by atoms with Crippen LogP contribution < -0.4 is 10.5 Å².